The zero-order chi connectivity index (χ0) is 11.4. The maximum absolute atomic E-state index is 11.2. The van der Waals surface area contributed by atoms with Crippen molar-refractivity contribution in [1.82, 2.24) is 0 Å². The van der Waals surface area contributed by atoms with Gasteiger partial charge in [-0.2, -0.15) is 0 Å². The Balaban J connectivity index is 2.95. The zero-order valence-electron chi connectivity index (χ0n) is 9.83. The molecule has 1 aromatic rings. The maximum atomic E-state index is 11.2. The minimum atomic E-state index is -0.181. The van der Waals surface area contributed by atoms with Crippen molar-refractivity contribution >= 4 is 5.97 Å². The summed E-state index contributed by atoms with van der Waals surface area (Å²) in [7, 11) is 1.42. The van der Waals surface area contributed by atoms with Crippen molar-refractivity contribution in [2.24, 2.45) is 0 Å². The van der Waals surface area contributed by atoms with E-state index >= 15 is 0 Å². The van der Waals surface area contributed by atoms with Crippen LogP contribution in [0.15, 0.2) is 18.2 Å². The quantitative estimate of drug-likeness (QED) is 0.711. The third-order valence-electron chi connectivity index (χ3n) is 2.60. The van der Waals surface area contributed by atoms with E-state index in [0.29, 0.717) is 12.3 Å². The number of methoxy groups -OCH3 is 1. The molecule has 0 N–H and O–H groups in total. The number of carbonyl (C=O) groups is 1. The SMILES string of the molecule is COC(=O)Cc1cc(C(C)C)ccc1C. The third kappa shape index (κ3) is 3.08. The topological polar surface area (TPSA) is 26.3 Å². The molecule has 0 amide bonds. The van der Waals surface area contributed by atoms with Gasteiger partial charge in [-0.3, -0.25) is 4.79 Å². The molecule has 0 heterocycles. The van der Waals surface area contributed by atoms with Crippen molar-refractivity contribution in [2.75, 3.05) is 7.11 Å². The molecule has 0 aromatic heterocycles. The molecule has 2 nitrogen and oxygen atoms in total. The number of esters is 1. The molecule has 0 radical (unpaired) electrons. The lowest BCUT2D eigenvalue weighted by Crippen LogP contribution is -2.06. The number of ether oxygens (including phenoxy) is 1. The second kappa shape index (κ2) is 4.96. The van der Waals surface area contributed by atoms with E-state index in [9.17, 15) is 4.79 Å². The summed E-state index contributed by atoms with van der Waals surface area (Å²) in [5, 5.41) is 0. The Labute approximate surface area is 91.3 Å². The van der Waals surface area contributed by atoms with Crippen molar-refractivity contribution in [3.05, 3.63) is 34.9 Å². The third-order valence-corrected chi connectivity index (χ3v) is 2.60. The van der Waals surface area contributed by atoms with Gasteiger partial charge in [0, 0.05) is 0 Å². The molecule has 0 aliphatic heterocycles. The number of carbonyl (C=O) groups excluding carboxylic acids is 1. The van der Waals surface area contributed by atoms with Gasteiger partial charge >= 0.3 is 5.97 Å². The van der Waals surface area contributed by atoms with E-state index in [4.69, 9.17) is 0 Å². The van der Waals surface area contributed by atoms with Crippen LogP contribution in [0.5, 0.6) is 0 Å². The predicted molar refractivity (Wildman–Crippen MR) is 61.0 cm³/mol. The van der Waals surface area contributed by atoms with Crippen LogP contribution in [-0.4, -0.2) is 13.1 Å². The number of hydrogen-bond donors (Lipinski definition) is 0. The molecule has 0 bridgehead atoms. The molecule has 2 heteroatoms. The highest BCUT2D eigenvalue weighted by Crippen LogP contribution is 2.19. The summed E-state index contributed by atoms with van der Waals surface area (Å²) < 4.78 is 4.67. The molecule has 0 fully saturated rings. The van der Waals surface area contributed by atoms with Gasteiger partial charge in [0.1, 0.15) is 0 Å². The monoisotopic (exact) mass is 206 g/mol. The molecule has 82 valence electrons. The van der Waals surface area contributed by atoms with E-state index in [1.54, 1.807) is 0 Å². The minimum Gasteiger partial charge on any atom is -0.469 e. The van der Waals surface area contributed by atoms with E-state index in [0.717, 1.165) is 11.1 Å². The molecular weight excluding hydrogens is 188 g/mol. The Morgan fingerprint density at radius 3 is 2.60 bits per heavy atom. The molecular formula is C13H18O2. The van der Waals surface area contributed by atoms with Crippen LogP contribution in [-0.2, 0) is 16.0 Å². The molecule has 0 aliphatic carbocycles. The summed E-state index contributed by atoms with van der Waals surface area (Å²) in [6.07, 6.45) is 0.364. The summed E-state index contributed by atoms with van der Waals surface area (Å²) >= 11 is 0. The Hall–Kier alpha value is -1.31. The van der Waals surface area contributed by atoms with Crippen molar-refractivity contribution in [3.63, 3.8) is 0 Å². The van der Waals surface area contributed by atoms with Crippen LogP contribution in [0.1, 0.15) is 36.5 Å². The van der Waals surface area contributed by atoms with E-state index < -0.39 is 0 Å². The number of aryl methyl sites for hydroxylation is 1. The Morgan fingerprint density at radius 1 is 1.40 bits per heavy atom. The van der Waals surface area contributed by atoms with Crippen LogP contribution in [0, 0.1) is 6.92 Å². The Morgan fingerprint density at radius 2 is 2.07 bits per heavy atom. The highest BCUT2D eigenvalue weighted by molar-refractivity contribution is 5.73. The number of benzene rings is 1. The molecule has 0 unspecified atom stereocenters. The summed E-state index contributed by atoms with van der Waals surface area (Å²) in [6, 6.07) is 6.27. The highest BCUT2D eigenvalue weighted by Gasteiger charge is 2.08. The van der Waals surface area contributed by atoms with E-state index in [1.165, 1.54) is 12.7 Å². The molecule has 0 spiro atoms. The normalized spacial score (nSPS) is 10.5. The first kappa shape index (κ1) is 11.8. The average molecular weight is 206 g/mol. The lowest BCUT2D eigenvalue weighted by atomic mass is 9.96. The van der Waals surface area contributed by atoms with Gasteiger partial charge in [-0.25, -0.2) is 0 Å². The minimum absolute atomic E-state index is 0.181. The first-order valence-electron chi connectivity index (χ1n) is 5.21. The molecule has 0 saturated heterocycles. The van der Waals surface area contributed by atoms with Gasteiger partial charge < -0.3 is 4.74 Å². The second-order valence-electron chi connectivity index (χ2n) is 4.09. The number of hydrogen-bond acceptors (Lipinski definition) is 2. The van der Waals surface area contributed by atoms with Crippen LogP contribution < -0.4 is 0 Å². The van der Waals surface area contributed by atoms with Crippen LogP contribution in [0.25, 0.3) is 0 Å². The van der Waals surface area contributed by atoms with Gasteiger partial charge in [0.05, 0.1) is 13.5 Å². The lowest BCUT2D eigenvalue weighted by molar-refractivity contribution is -0.139. The summed E-state index contributed by atoms with van der Waals surface area (Å²) in [4.78, 5) is 11.2. The zero-order valence-corrected chi connectivity index (χ0v) is 9.83. The second-order valence-corrected chi connectivity index (χ2v) is 4.09. The van der Waals surface area contributed by atoms with E-state index in [-0.39, 0.29) is 5.97 Å². The molecule has 1 rings (SSSR count). The van der Waals surface area contributed by atoms with E-state index in [1.807, 2.05) is 6.92 Å². The first-order chi connectivity index (χ1) is 7.04. The summed E-state index contributed by atoms with van der Waals surface area (Å²) in [6.45, 7) is 6.31. The van der Waals surface area contributed by atoms with Crippen LogP contribution in [0.4, 0.5) is 0 Å². The van der Waals surface area contributed by atoms with Crippen LogP contribution in [0.3, 0.4) is 0 Å². The number of rotatable bonds is 3. The molecule has 15 heavy (non-hydrogen) atoms. The summed E-state index contributed by atoms with van der Waals surface area (Å²) in [5.41, 5.74) is 3.47. The fourth-order valence-corrected chi connectivity index (χ4v) is 1.47. The molecule has 0 aliphatic rings. The first-order valence-corrected chi connectivity index (χ1v) is 5.21. The molecule has 0 saturated carbocycles. The van der Waals surface area contributed by atoms with Crippen LogP contribution >= 0.6 is 0 Å². The van der Waals surface area contributed by atoms with Crippen molar-refractivity contribution in [1.29, 1.82) is 0 Å². The Kier molecular flexibility index (Phi) is 3.89. The van der Waals surface area contributed by atoms with Gasteiger partial charge in [-0.1, -0.05) is 32.0 Å². The maximum Gasteiger partial charge on any atom is 0.309 e. The van der Waals surface area contributed by atoms with Crippen molar-refractivity contribution in [2.45, 2.75) is 33.1 Å². The van der Waals surface area contributed by atoms with Gasteiger partial charge in [0.25, 0.3) is 0 Å². The fraction of sp³-hybridized carbons (Fsp3) is 0.462. The van der Waals surface area contributed by atoms with E-state index in [2.05, 4.69) is 36.8 Å². The van der Waals surface area contributed by atoms with Crippen molar-refractivity contribution in [3.8, 4) is 0 Å². The fourth-order valence-electron chi connectivity index (χ4n) is 1.47. The molecule has 0 atom stereocenters. The van der Waals surface area contributed by atoms with Crippen LogP contribution in [0.2, 0.25) is 0 Å². The standard InChI is InChI=1S/C13H18O2/c1-9(2)11-6-5-10(3)12(7-11)8-13(14)15-4/h5-7,9H,8H2,1-4H3. The lowest BCUT2D eigenvalue weighted by Gasteiger charge is -2.10. The van der Waals surface area contributed by atoms with Gasteiger partial charge in [0.2, 0.25) is 0 Å². The van der Waals surface area contributed by atoms with Gasteiger partial charge in [0.15, 0.2) is 0 Å². The Bertz CT molecular complexity index is 354. The van der Waals surface area contributed by atoms with Gasteiger partial charge in [-0.15, -0.1) is 0 Å². The largest absolute Gasteiger partial charge is 0.469 e. The van der Waals surface area contributed by atoms with Crippen molar-refractivity contribution < 1.29 is 9.53 Å². The predicted octanol–water partition coefficient (Wildman–Crippen LogP) is 2.83. The molecule has 1 aromatic carbocycles. The van der Waals surface area contributed by atoms with Gasteiger partial charge in [-0.05, 0) is 29.5 Å². The average Bonchev–Trinajstić information content (AvgIpc) is 2.20. The smallest absolute Gasteiger partial charge is 0.309 e. The highest BCUT2D eigenvalue weighted by atomic mass is 16.5. The summed E-state index contributed by atoms with van der Waals surface area (Å²) in [5.74, 6) is 0.306.